The highest BCUT2D eigenvalue weighted by molar-refractivity contribution is 7.25. The number of rotatable bonds is 3. The van der Waals surface area contributed by atoms with Gasteiger partial charge in [0.25, 0.3) is 5.91 Å². The lowest BCUT2D eigenvalue weighted by atomic mass is 9.91. The zero-order chi connectivity index (χ0) is 12.4. The van der Waals surface area contributed by atoms with Gasteiger partial charge >= 0.3 is 7.12 Å². The summed E-state index contributed by atoms with van der Waals surface area (Å²) in [6.07, 6.45) is 1.28. The number of carbonyl (C=O) groups is 1. The first-order chi connectivity index (χ1) is 8.06. The van der Waals surface area contributed by atoms with Crippen LogP contribution in [-0.2, 0) is 0 Å². The summed E-state index contributed by atoms with van der Waals surface area (Å²) < 4.78 is 5.01. The van der Waals surface area contributed by atoms with Gasteiger partial charge in [-0.1, -0.05) is 5.16 Å². The molecule has 0 spiro atoms. The Bertz CT molecular complexity index is 538. The van der Waals surface area contributed by atoms with Gasteiger partial charge in [0.2, 0.25) is 0 Å². The first-order valence-electron chi connectivity index (χ1n) is 4.63. The smallest absolute Gasteiger partial charge is 0.423 e. The summed E-state index contributed by atoms with van der Waals surface area (Å²) in [6, 6.07) is 1.49. The molecule has 1 amide bonds. The minimum atomic E-state index is -1.59. The number of thiazole rings is 1. The van der Waals surface area contributed by atoms with Crippen molar-refractivity contribution in [3.05, 3.63) is 23.7 Å². The molecule has 0 unspecified atom stereocenters. The van der Waals surface area contributed by atoms with Crippen LogP contribution >= 0.6 is 11.3 Å². The van der Waals surface area contributed by atoms with Crippen molar-refractivity contribution in [2.75, 3.05) is 5.32 Å². The summed E-state index contributed by atoms with van der Waals surface area (Å²) in [5, 5.41) is 24.0. The number of hydrogen-bond donors (Lipinski definition) is 3. The summed E-state index contributed by atoms with van der Waals surface area (Å²) in [5.74, 6) is 0.0657. The van der Waals surface area contributed by atoms with Gasteiger partial charge in [-0.05, 0) is 6.92 Å². The molecule has 0 fully saturated rings. The summed E-state index contributed by atoms with van der Waals surface area (Å²) in [5.41, 5.74) is 0.142. The third-order valence-corrected chi connectivity index (χ3v) is 2.81. The second-order valence-corrected chi connectivity index (χ2v) is 4.28. The molecule has 0 aromatic carbocycles. The van der Waals surface area contributed by atoms with Crippen LogP contribution in [0.15, 0.2) is 16.8 Å². The van der Waals surface area contributed by atoms with E-state index in [1.54, 1.807) is 6.92 Å². The van der Waals surface area contributed by atoms with E-state index in [0.717, 1.165) is 11.3 Å². The van der Waals surface area contributed by atoms with E-state index < -0.39 is 13.0 Å². The van der Waals surface area contributed by atoms with E-state index in [4.69, 9.17) is 14.6 Å². The fraction of sp³-hybridized carbons (Fsp3) is 0.125. The van der Waals surface area contributed by atoms with Crippen molar-refractivity contribution >= 4 is 34.3 Å². The van der Waals surface area contributed by atoms with Gasteiger partial charge in [0.15, 0.2) is 10.8 Å². The number of amides is 1. The molecule has 0 aliphatic carbocycles. The minimum Gasteiger partial charge on any atom is -0.423 e. The average Bonchev–Trinajstić information content (AvgIpc) is 2.86. The SMILES string of the molecule is Cc1cc(C(=O)Nc2ncc(B(O)O)s2)no1. The van der Waals surface area contributed by atoms with E-state index in [9.17, 15) is 4.79 Å². The van der Waals surface area contributed by atoms with E-state index in [0.29, 0.717) is 5.76 Å². The van der Waals surface area contributed by atoms with Crippen molar-refractivity contribution < 1.29 is 19.4 Å². The van der Waals surface area contributed by atoms with Crippen LogP contribution in [0.5, 0.6) is 0 Å². The maximum absolute atomic E-state index is 11.6. The molecule has 0 aliphatic rings. The Morgan fingerprint density at radius 1 is 1.59 bits per heavy atom. The first kappa shape index (κ1) is 11.8. The third kappa shape index (κ3) is 2.70. The lowest BCUT2D eigenvalue weighted by molar-refractivity contribution is 0.101. The molecule has 9 heteroatoms. The molecule has 2 rings (SSSR count). The van der Waals surface area contributed by atoms with E-state index in [1.165, 1.54) is 12.3 Å². The van der Waals surface area contributed by atoms with Crippen LogP contribution in [0.1, 0.15) is 16.2 Å². The number of aromatic nitrogens is 2. The van der Waals surface area contributed by atoms with Crippen LogP contribution in [0.3, 0.4) is 0 Å². The van der Waals surface area contributed by atoms with Gasteiger partial charge in [-0.25, -0.2) is 4.98 Å². The number of nitrogens with zero attached hydrogens (tertiary/aromatic N) is 2. The Balaban J connectivity index is 2.07. The molecule has 17 heavy (non-hydrogen) atoms. The molecule has 2 aromatic heterocycles. The molecule has 2 aromatic rings. The van der Waals surface area contributed by atoms with Gasteiger partial charge in [0.05, 0.1) is 4.78 Å². The lowest BCUT2D eigenvalue weighted by Crippen LogP contribution is -2.26. The molecule has 7 nitrogen and oxygen atoms in total. The Kier molecular flexibility index (Phi) is 3.22. The average molecular weight is 253 g/mol. The molecular formula is C8H8BN3O4S. The highest BCUT2D eigenvalue weighted by Crippen LogP contribution is 2.11. The van der Waals surface area contributed by atoms with Crippen molar-refractivity contribution in [1.29, 1.82) is 0 Å². The molecule has 0 saturated carbocycles. The van der Waals surface area contributed by atoms with Gasteiger partial charge in [-0.2, -0.15) is 0 Å². The van der Waals surface area contributed by atoms with Crippen LogP contribution in [0, 0.1) is 6.92 Å². The van der Waals surface area contributed by atoms with Crippen molar-refractivity contribution in [2.45, 2.75) is 6.92 Å². The Labute approximate surface area is 100 Å². The van der Waals surface area contributed by atoms with Crippen LogP contribution in [-0.4, -0.2) is 33.2 Å². The van der Waals surface area contributed by atoms with E-state index >= 15 is 0 Å². The highest BCUT2D eigenvalue weighted by atomic mass is 32.1. The van der Waals surface area contributed by atoms with Crippen LogP contribution in [0.25, 0.3) is 0 Å². The van der Waals surface area contributed by atoms with Gasteiger partial charge in [0.1, 0.15) is 5.76 Å². The Hall–Kier alpha value is -1.71. The van der Waals surface area contributed by atoms with E-state index in [2.05, 4.69) is 15.5 Å². The quantitative estimate of drug-likeness (QED) is 0.628. The molecule has 3 N–H and O–H groups in total. The summed E-state index contributed by atoms with van der Waals surface area (Å²) in [4.78, 5) is 15.4. The highest BCUT2D eigenvalue weighted by Gasteiger charge is 2.17. The molecule has 0 radical (unpaired) electrons. The van der Waals surface area contributed by atoms with Crippen LogP contribution < -0.4 is 10.1 Å². The van der Waals surface area contributed by atoms with Crippen molar-refractivity contribution in [3.8, 4) is 0 Å². The van der Waals surface area contributed by atoms with E-state index in [1.807, 2.05) is 0 Å². The maximum Gasteiger partial charge on any atom is 0.500 e. The number of hydrogen-bond acceptors (Lipinski definition) is 7. The monoisotopic (exact) mass is 253 g/mol. The van der Waals surface area contributed by atoms with Gasteiger partial charge in [-0.3, -0.25) is 10.1 Å². The predicted molar refractivity (Wildman–Crippen MR) is 61.1 cm³/mol. The van der Waals surface area contributed by atoms with Gasteiger partial charge in [-0.15, -0.1) is 11.3 Å². The molecule has 0 saturated heterocycles. The van der Waals surface area contributed by atoms with Crippen LogP contribution in [0.4, 0.5) is 5.13 Å². The van der Waals surface area contributed by atoms with Crippen molar-refractivity contribution in [3.63, 3.8) is 0 Å². The fourth-order valence-corrected chi connectivity index (χ4v) is 1.78. The summed E-state index contributed by atoms with van der Waals surface area (Å²) >= 11 is 0.969. The largest absolute Gasteiger partial charge is 0.500 e. The Morgan fingerprint density at radius 2 is 2.35 bits per heavy atom. The Morgan fingerprint density at radius 3 is 2.88 bits per heavy atom. The molecule has 0 aliphatic heterocycles. The lowest BCUT2D eigenvalue weighted by Gasteiger charge is -1.95. The van der Waals surface area contributed by atoms with Crippen molar-refractivity contribution in [1.82, 2.24) is 10.1 Å². The second-order valence-electron chi connectivity index (χ2n) is 3.22. The summed E-state index contributed by atoms with van der Waals surface area (Å²) in [6.45, 7) is 1.67. The number of carbonyl (C=O) groups excluding carboxylic acids is 1. The molecule has 2 heterocycles. The first-order valence-corrected chi connectivity index (χ1v) is 5.44. The molecule has 0 bridgehead atoms. The van der Waals surface area contributed by atoms with Gasteiger partial charge in [0, 0.05) is 12.3 Å². The topological polar surface area (TPSA) is 108 Å². The fourth-order valence-electron chi connectivity index (χ4n) is 1.10. The number of nitrogens with one attached hydrogen (secondary N) is 1. The zero-order valence-corrected chi connectivity index (χ0v) is 9.56. The molecule has 0 atom stereocenters. The molecule has 88 valence electrons. The summed E-state index contributed by atoms with van der Waals surface area (Å²) in [7, 11) is -1.59. The second kappa shape index (κ2) is 4.66. The normalized spacial score (nSPS) is 10.3. The minimum absolute atomic E-state index is 0.142. The van der Waals surface area contributed by atoms with Gasteiger partial charge < -0.3 is 14.6 Å². The zero-order valence-electron chi connectivity index (χ0n) is 8.75. The number of aryl methyl sites for hydroxylation is 1. The van der Waals surface area contributed by atoms with E-state index in [-0.39, 0.29) is 15.6 Å². The third-order valence-electron chi connectivity index (χ3n) is 1.86. The molecular weight excluding hydrogens is 245 g/mol. The predicted octanol–water partition coefficient (Wildman–Crippen LogP) is -0.628. The van der Waals surface area contributed by atoms with Crippen molar-refractivity contribution in [2.24, 2.45) is 0 Å². The maximum atomic E-state index is 11.6. The number of anilines is 1. The van der Waals surface area contributed by atoms with Crippen LogP contribution in [0.2, 0.25) is 0 Å². The standard InChI is InChI=1S/C8H8BN3O4S/c1-4-2-5(12-16-4)7(13)11-8-10-3-6(17-8)9(14)15/h2-3,14-15H,1H3,(H,10,11,13).